The Bertz CT molecular complexity index is 441. The number of rotatable bonds is 4. The molecular weight excluding hydrogens is 264 g/mol. The Labute approximate surface area is 128 Å². The van der Waals surface area contributed by atoms with E-state index in [2.05, 4.69) is 32.9 Å². The molecule has 21 heavy (non-hydrogen) atoms. The Morgan fingerprint density at radius 3 is 2.29 bits per heavy atom. The van der Waals surface area contributed by atoms with E-state index < -0.39 is 6.29 Å². The molecule has 3 nitrogen and oxygen atoms in total. The molecule has 0 bridgehead atoms. The second-order valence-corrected chi connectivity index (χ2v) is 7.09. The van der Waals surface area contributed by atoms with Gasteiger partial charge in [-0.05, 0) is 17.4 Å². The molecule has 0 spiro atoms. The average Bonchev–Trinajstić information content (AvgIpc) is 2.43. The number of benzene rings is 1. The maximum absolute atomic E-state index is 10.3. The number of ether oxygens (including phenoxy) is 2. The zero-order valence-corrected chi connectivity index (χ0v) is 13.7. The lowest BCUT2D eigenvalue weighted by atomic mass is 9.79. The van der Waals surface area contributed by atoms with Crippen LogP contribution in [0.15, 0.2) is 30.3 Å². The minimum atomic E-state index is -0.786. The lowest BCUT2D eigenvalue weighted by Gasteiger charge is -2.47. The van der Waals surface area contributed by atoms with Crippen molar-refractivity contribution in [3.05, 3.63) is 35.9 Å². The molecule has 1 aliphatic rings. The van der Waals surface area contributed by atoms with E-state index in [9.17, 15) is 5.11 Å². The van der Waals surface area contributed by atoms with Crippen molar-refractivity contribution in [1.82, 2.24) is 0 Å². The van der Waals surface area contributed by atoms with Gasteiger partial charge in [0.15, 0.2) is 12.6 Å². The first kappa shape index (κ1) is 16.5. The summed E-state index contributed by atoms with van der Waals surface area (Å²) in [6.07, 6.45) is -0.392. The van der Waals surface area contributed by atoms with E-state index in [0.717, 1.165) is 6.42 Å². The molecule has 1 aromatic carbocycles. The van der Waals surface area contributed by atoms with Crippen molar-refractivity contribution in [1.29, 1.82) is 0 Å². The van der Waals surface area contributed by atoms with Gasteiger partial charge < -0.3 is 14.6 Å². The van der Waals surface area contributed by atoms with Gasteiger partial charge in [-0.3, -0.25) is 0 Å². The van der Waals surface area contributed by atoms with Crippen LogP contribution >= 0.6 is 0 Å². The van der Waals surface area contributed by atoms with E-state index in [-0.39, 0.29) is 17.8 Å². The third kappa shape index (κ3) is 3.65. The lowest BCUT2D eigenvalue weighted by Crippen LogP contribution is -2.54. The molecule has 118 valence electrons. The smallest absolute Gasteiger partial charge is 0.165 e. The quantitative estimate of drug-likeness (QED) is 0.914. The summed E-state index contributed by atoms with van der Waals surface area (Å²) in [7, 11) is 0. The standard InChI is InChI=1S/C18H28O3/c1-12(2)16-18(4,5)17(19)21-15(20-16)11-13(3)14-9-7-6-8-10-14/h6-10,12-13,15-17,19H,11H2,1-5H3. The van der Waals surface area contributed by atoms with Crippen LogP contribution in [0.3, 0.4) is 0 Å². The highest BCUT2D eigenvalue weighted by atomic mass is 16.7. The summed E-state index contributed by atoms with van der Waals surface area (Å²) in [6, 6.07) is 10.3. The summed E-state index contributed by atoms with van der Waals surface area (Å²) >= 11 is 0. The molecule has 0 aliphatic carbocycles. The van der Waals surface area contributed by atoms with Crippen molar-refractivity contribution in [2.24, 2.45) is 11.3 Å². The van der Waals surface area contributed by atoms with Crippen molar-refractivity contribution in [3.63, 3.8) is 0 Å². The molecule has 1 heterocycles. The molecule has 1 aliphatic heterocycles. The van der Waals surface area contributed by atoms with E-state index in [0.29, 0.717) is 11.8 Å². The van der Waals surface area contributed by atoms with Gasteiger partial charge >= 0.3 is 0 Å². The van der Waals surface area contributed by atoms with Crippen molar-refractivity contribution in [3.8, 4) is 0 Å². The molecule has 0 saturated carbocycles. The van der Waals surface area contributed by atoms with E-state index in [1.807, 2.05) is 32.0 Å². The molecule has 0 aromatic heterocycles. The maximum Gasteiger partial charge on any atom is 0.165 e. The first-order valence-corrected chi connectivity index (χ1v) is 7.86. The predicted molar refractivity (Wildman–Crippen MR) is 83.8 cm³/mol. The molecule has 3 heteroatoms. The van der Waals surface area contributed by atoms with Crippen LogP contribution in [0, 0.1) is 11.3 Å². The fourth-order valence-electron chi connectivity index (χ4n) is 3.16. The molecule has 0 amide bonds. The lowest BCUT2D eigenvalue weighted by molar-refractivity contribution is -0.354. The van der Waals surface area contributed by atoms with Gasteiger partial charge in [-0.2, -0.15) is 0 Å². The maximum atomic E-state index is 10.3. The van der Waals surface area contributed by atoms with Gasteiger partial charge in [0, 0.05) is 11.8 Å². The minimum Gasteiger partial charge on any atom is -0.367 e. The number of aliphatic hydroxyl groups is 1. The van der Waals surface area contributed by atoms with Crippen molar-refractivity contribution in [2.45, 2.75) is 65.6 Å². The zero-order chi connectivity index (χ0) is 15.6. The SMILES string of the molecule is CC(CC1OC(O)C(C)(C)C(C(C)C)O1)c1ccccc1. The van der Waals surface area contributed by atoms with Crippen LogP contribution in [0.5, 0.6) is 0 Å². The molecule has 1 fully saturated rings. The van der Waals surface area contributed by atoms with Crippen molar-refractivity contribution < 1.29 is 14.6 Å². The molecule has 1 N–H and O–H groups in total. The highest BCUT2D eigenvalue weighted by Gasteiger charge is 2.46. The number of hydrogen-bond donors (Lipinski definition) is 1. The summed E-state index contributed by atoms with van der Waals surface area (Å²) in [5.74, 6) is 0.672. The zero-order valence-electron chi connectivity index (χ0n) is 13.7. The van der Waals surface area contributed by atoms with Gasteiger partial charge in [-0.15, -0.1) is 0 Å². The van der Waals surface area contributed by atoms with Gasteiger partial charge in [-0.25, -0.2) is 0 Å². The van der Waals surface area contributed by atoms with Gasteiger partial charge in [0.1, 0.15) is 0 Å². The van der Waals surface area contributed by atoms with Crippen LogP contribution in [0.25, 0.3) is 0 Å². The van der Waals surface area contributed by atoms with Gasteiger partial charge in [0.25, 0.3) is 0 Å². The molecular formula is C18H28O3. The number of aliphatic hydroxyl groups excluding tert-OH is 1. The highest BCUT2D eigenvalue weighted by Crippen LogP contribution is 2.40. The first-order valence-electron chi connectivity index (χ1n) is 7.86. The van der Waals surface area contributed by atoms with Crippen molar-refractivity contribution in [2.75, 3.05) is 0 Å². The summed E-state index contributed by atoms with van der Waals surface area (Å²) in [6.45, 7) is 10.4. The molecule has 4 unspecified atom stereocenters. The largest absolute Gasteiger partial charge is 0.367 e. The first-order chi connectivity index (χ1) is 9.82. The van der Waals surface area contributed by atoms with Crippen molar-refractivity contribution >= 4 is 0 Å². The van der Waals surface area contributed by atoms with Crippen LogP contribution in [-0.4, -0.2) is 23.8 Å². The summed E-state index contributed by atoms with van der Waals surface area (Å²) in [5, 5.41) is 10.3. The molecule has 0 radical (unpaired) electrons. The Hall–Kier alpha value is -0.900. The van der Waals surface area contributed by atoms with E-state index in [4.69, 9.17) is 9.47 Å². The summed E-state index contributed by atoms with van der Waals surface area (Å²) < 4.78 is 11.9. The van der Waals surface area contributed by atoms with Crippen LogP contribution < -0.4 is 0 Å². The fraction of sp³-hybridized carbons (Fsp3) is 0.667. The Morgan fingerprint density at radius 1 is 1.10 bits per heavy atom. The molecule has 4 atom stereocenters. The second kappa shape index (κ2) is 6.47. The van der Waals surface area contributed by atoms with E-state index in [1.54, 1.807) is 0 Å². The number of hydrogen-bond acceptors (Lipinski definition) is 3. The second-order valence-electron chi connectivity index (χ2n) is 7.09. The van der Waals surface area contributed by atoms with Crippen LogP contribution in [-0.2, 0) is 9.47 Å². The van der Waals surface area contributed by atoms with Gasteiger partial charge in [0.2, 0.25) is 0 Å². The fourth-order valence-corrected chi connectivity index (χ4v) is 3.16. The average molecular weight is 292 g/mol. The van der Waals surface area contributed by atoms with Crippen LogP contribution in [0.4, 0.5) is 0 Å². The van der Waals surface area contributed by atoms with Gasteiger partial charge in [-0.1, -0.05) is 65.0 Å². The Balaban J connectivity index is 2.05. The van der Waals surface area contributed by atoms with Gasteiger partial charge in [0.05, 0.1) is 6.10 Å². The van der Waals surface area contributed by atoms with E-state index >= 15 is 0 Å². The van der Waals surface area contributed by atoms with Crippen LogP contribution in [0.2, 0.25) is 0 Å². The monoisotopic (exact) mass is 292 g/mol. The summed E-state index contributed by atoms with van der Waals surface area (Å²) in [5.41, 5.74) is 0.880. The third-order valence-electron chi connectivity index (χ3n) is 4.47. The molecule has 1 aromatic rings. The molecule has 2 rings (SSSR count). The summed E-state index contributed by atoms with van der Waals surface area (Å²) in [4.78, 5) is 0. The van der Waals surface area contributed by atoms with Crippen LogP contribution in [0.1, 0.15) is 52.5 Å². The normalized spacial score (nSPS) is 30.3. The highest BCUT2D eigenvalue weighted by molar-refractivity contribution is 5.18. The van der Waals surface area contributed by atoms with E-state index in [1.165, 1.54) is 5.56 Å². The molecule has 1 saturated heterocycles. The Kier molecular flexibility index (Phi) is 5.07. The minimum absolute atomic E-state index is 0.00535. The Morgan fingerprint density at radius 2 is 1.71 bits per heavy atom. The third-order valence-corrected chi connectivity index (χ3v) is 4.47. The topological polar surface area (TPSA) is 38.7 Å². The predicted octanol–water partition coefficient (Wildman–Crippen LogP) is 3.92.